The molecule has 0 atom stereocenters. The molecule has 1 aliphatic carbocycles. The van der Waals surface area contributed by atoms with Crippen LogP contribution < -0.4 is 4.18 Å². The quantitative estimate of drug-likeness (QED) is 0.148. The predicted octanol–water partition coefficient (Wildman–Crippen LogP) is 7.50. The molecule has 5 aromatic rings. The summed E-state index contributed by atoms with van der Waals surface area (Å²) in [4.78, 5) is -0.275. The number of benzene rings is 5. The summed E-state index contributed by atoms with van der Waals surface area (Å²) in [5.41, 5.74) is 3.28. The molecule has 0 aliphatic heterocycles. The lowest BCUT2D eigenvalue weighted by molar-refractivity contribution is 0.460. The Labute approximate surface area is 246 Å². The van der Waals surface area contributed by atoms with Crippen molar-refractivity contribution >= 4 is 31.0 Å². The molecule has 0 heterocycles. The maximum Gasteiger partial charge on any atom is 0.340 e. The molecule has 5 aromatic carbocycles. The third-order valence-electron chi connectivity index (χ3n) is 7.82. The van der Waals surface area contributed by atoms with E-state index in [1.807, 2.05) is 91.0 Å². The van der Waals surface area contributed by atoms with Crippen LogP contribution in [0.1, 0.15) is 36.8 Å². The van der Waals surface area contributed by atoms with Crippen LogP contribution >= 0.6 is 0 Å². The average molecular weight is 598 g/mol. The normalized spacial score (nSPS) is 14.1. The van der Waals surface area contributed by atoms with E-state index in [9.17, 15) is 21.4 Å². The van der Waals surface area contributed by atoms with Gasteiger partial charge in [-0.25, -0.2) is 8.42 Å². The van der Waals surface area contributed by atoms with E-state index in [1.165, 1.54) is 12.1 Å². The molecule has 0 unspecified atom stereocenters. The maximum absolute atomic E-state index is 14.6. The lowest BCUT2D eigenvalue weighted by Gasteiger charge is -2.23. The van der Waals surface area contributed by atoms with E-state index < -0.39 is 20.2 Å². The summed E-state index contributed by atoms with van der Waals surface area (Å²) in [5, 5.41) is 1.64. The first-order valence-corrected chi connectivity index (χ1v) is 16.8. The Morgan fingerprint density at radius 1 is 0.619 bits per heavy atom. The number of hydrogen-bond acceptors (Lipinski definition) is 6. The van der Waals surface area contributed by atoms with E-state index in [4.69, 9.17) is 4.18 Å². The molecule has 6 rings (SSSR count). The minimum Gasteiger partial charge on any atom is -0.744 e. The van der Waals surface area contributed by atoms with Crippen molar-refractivity contribution in [1.82, 2.24) is 0 Å². The van der Waals surface area contributed by atoms with Gasteiger partial charge in [-0.1, -0.05) is 97.8 Å². The second-order valence-electron chi connectivity index (χ2n) is 10.5. The minimum absolute atomic E-state index is 0.0266. The van der Waals surface area contributed by atoms with Gasteiger partial charge in [0.1, 0.15) is 20.8 Å². The molecule has 0 saturated carbocycles. The van der Waals surface area contributed by atoms with Crippen LogP contribution in [0.25, 0.3) is 33.0 Å². The second-order valence-corrected chi connectivity index (χ2v) is 13.3. The molecule has 8 heteroatoms. The molecule has 6 nitrogen and oxygen atoms in total. The Bertz CT molecular complexity index is 1990. The van der Waals surface area contributed by atoms with Crippen LogP contribution in [0, 0.1) is 0 Å². The van der Waals surface area contributed by atoms with Crippen molar-refractivity contribution in [1.29, 1.82) is 0 Å². The van der Waals surface area contributed by atoms with Crippen LogP contribution in [0.2, 0.25) is 0 Å². The SMILES string of the molecule is O=S(=O)([O-])c1ccc(OS(=O)(=O)c2c(-c3ccccc3)cc3ccccc3c2-c2ccccc2)c2c1CCCCCC2. The Balaban J connectivity index is 1.63. The molecule has 0 fully saturated rings. The van der Waals surface area contributed by atoms with Gasteiger partial charge < -0.3 is 8.74 Å². The Morgan fingerprint density at radius 3 is 1.88 bits per heavy atom. The van der Waals surface area contributed by atoms with Crippen LogP contribution in [-0.4, -0.2) is 21.4 Å². The first-order chi connectivity index (χ1) is 20.2. The van der Waals surface area contributed by atoms with Crippen LogP contribution in [0.4, 0.5) is 0 Å². The van der Waals surface area contributed by atoms with Crippen molar-refractivity contribution in [2.24, 2.45) is 0 Å². The molecule has 1 aliphatic rings. The fourth-order valence-corrected chi connectivity index (χ4v) is 8.10. The van der Waals surface area contributed by atoms with Crippen molar-refractivity contribution < 1.29 is 25.6 Å². The third-order valence-corrected chi connectivity index (χ3v) is 10.1. The Morgan fingerprint density at radius 2 is 1.21 bits per heavy atom. The molecular formula is C34H29O6S2-. The highest BCUT2D eigenvalue weighted by Gasteiger charge is 2.30. The van der Waals surface area contributed by atoms with Gasteiger partial charge in [0.25, 0.3) is 0 Å². The Hall–Kier alpha value is -3.98. The van der Waals surface area contributed by atoms with Gasteiger partial charge in [-0.3, -0.25) is 0 Å². The standard InChI is InChI=1S/C34H30O6S2/c35-41(36,37)32-22-21-31(28-19-9-1-2-10-20-29(28)32)40-42(38,39)34-30(24-13-5-3-6-14-24)23-26-17-11-12-18-27(26)33(34)25-15-7-4-8-16-25/h3-8,11-18,21-23H,1-2,9-10,19-20H2,(H,35,36,37)/p-1. The van der Waals surface area contributed by atoms with E-state index in [0.717, 1.165) is 35.6 Å². The maximum atomic E-state index is 14.6. The van der Waals surface area contributed by atoms with E-state index in [-0.39, 0.29) is 15.5 Å². The molecule has 42 heavy (non-hydrogen) atoms. The van der Waals surface area contributed by atoms with Gasteiger partial charge >= 0.3 is 10.1 Å². The van der Waals surface area contributed by atoms with Gasteiger partial charge in [-0.05, 0) is 71.3 Å². The Kier molecular flexibility index (Phi) is 7.62. The fraction of sp³-hybridized carbons (Fsp3) is 0.176. The van der Waals surface area contributed by atoms with Gasteiger partial charge in [-0.2, -0.15) is 8.42 Å². The molecule has 214 valence electrons. The molecule has 0 amide bonds. The summed E-state index contributed by atoms with van der Waals surface area (Å²) in [5.74, 6) is 0.0606. The summed E-state index contributed by atoms with van der Waals surface area (Å²) < 4.78 is 71.5. The van der Waals surface area contributed by atoms with Crippen LogP contribution in [0.3, 0.4) is 0 Å². The first-order valence-electron chi connectivity index (χ1n) is 14.0. The zero-order chi connectivity index (χ0) is 29.3. The first kappa shape index (κ1) is 28.2. The highest BCUT2D eigenvalue weighted by Crippen LogP contribution is 2.43. The largest absolute Gasteiger partial charge is 0.744 e. The van der Waals surface area contributed by atoms with E-state index in [2.05, 4.69) is 0 Å². The lowest BCUT2D eigenvalue weighted by Crippen LogP contribution is -2.16. The third kappa shape index (κ3) is 5.45. The molecule has 0 bridgehead atoms. The van der Waals surface area contributed by atoms with Gasteiger partial charge in [0.15, 0.2) is 0 Å². The summed E-state index contributed by atoms with van der Waals surface area (Å²) in [6, 6.07) is 30.7. The zero-order valence-corrected chi connectivity index (χ0v) is 24.5. The summed E-state index contributed by atoms with van der Waals surface area (Å²) in [6.45, 7) is 0. The van der Waals surface area contributed by atoms with Gasteiger partial charge in [-0.15, -0.1) is 0 Å². The van der Waals surface area contributed by atoms with Gasteiger partial charge in [0.2, 0.25) is 0 Å². The summed E-state index contributed by atoms with van der Waals surface area (Å²) in [6.07, 6.45) is 4.03. The minimum atomic E-state index is -4.75. The lowest BCUT2D eigenvalue weighted by atomic mass is 9.92. The average Bonchev–Trinajstić information content (AvgIpc) is 2.97. The van der Waals surface area contributed by atoms with Crippen molar-refractivity contribution in [3.8, 4) is 28.0 Å². The summed E-state index contributed by atoms with van der Waals surface area (Å²) >= 11 is 0. The van der Waals surface area contributed by atoms with Crippen molar-refractivity contribution in [3.63, 3.8) is 0 Å². The van der Waals surface area contributed by atoms with E-state index >= 15 is 0 Å². The molecule has 0 saturated heterocycles. The zero-order valence-electron chi connectivity index (χ0n) is 22.8. The van der Waals surface area contributed by atoms with Crippen LogP contribution in [-0.2, 0) is 33.1 Å². The van der Waals surface area contributed by atoms with Gasteiger partial charge in [0.05, 0.1) is 4.90 Å². The van der Waals surface area contributed by atoms with Crippen molar-refractivity contribution in [3.05, 3.63) is 114 Å². The van der Waals surface area contributed by atoms with E-state index in [1.54, 1.807) is 0 Å². The predicted molar refractivity (Wildman–Crippen MR) is 163 cm³/mol. The highest BCUT2D eigenvalue weighted by molar-refractivity contribution is 7.87. The molecular weight excluding hydrogens is 569 g/mol. The number of fused-ring (bicyclic) bond motifs is 2. The van der Waals surface area contributed by atoms with E-state index in [0.29, 0.717) is 47.1 Å². The van der Waals surface area contributed by atoms with Crippen LogP contribution in [0.5, 0.6) is 5.75 Å². The molecule has 0 spiro atoms. The fourth-order valence-electron chi connectivity index (χ4n) is 5.94. The smallest absolute Gasteiger partial charge is 0.340 e. The molecule has 0 aromatic heterocycles. The van der Waals surface area contributed by atoms with Gasteiger partial charge in [0, 0.05) is 16.7 Å². The van der Waals surface area contributed by atoms with Crippen molar-refractivity contribution in [2.75, 3.05) is 0 Å². The molecule has 0 radical (unpaired) electrons. The topological polar surface area (TPSA) is 101 Å². The second kappa shape index (κ2) is 11.4. The summed E-state index contributed by atoms with van der Waals surface area (Å²) in [7, 11) is -9.24. The monoisotopic (exact) mass is 597 g/mol. The van der Waals surface area contributed by atoms with Crippen LogP contribution in [0.15, 0.2) is 113 Å². The number of rotatable bonds is 6. The highest BCUT2D eigenvalue weighted by atomic mass is 32.2. The molecule has 0 N–H and O–H groups in total. The number of hydrogen-bond donors (Lipinski definition) is 0. The van der Waals surface area contributed by atoms with Crippen molar-refractivity contribution in [2.45, 2.75) is 48.3 Å².